The first kappa shape index (κ1) is 27.9. The van der Waals surface area contributed by atoms with Crippen LogP contribution in [0.2, 0.25) is 5.02 Å². The van der Waals surface area contributed by atoms with E-state index in [1.165, 1.54) is 31.3 Å². The Balaban J connectivity index is 1.96. The Morgan fingerprint density at radius 2 is 1.64 bits per heavy atom. The summed E-state index contributed by atoms with van der Waals surface area (Å²) in [6.07, 6.45) is -0.0871. The first-order chi connectivity index (χ1) is 18.6. The van der Waals surface area contributed by atoms with E-state index in [1.54, 1.807) is 36.4 Å². The predicted molar refractivity (Wildman–Crippen MR) is 152 cm³/mol. The molecule has 8 nitrogen and oxygen atoms in total. The minimum absolute atomic E-state index is 0.0871. The van der Waals surface area contributed by atoms with Crippen molar-refractivity contribution < 1.29 is 28.9 Å². The highest BCUT2D eigenvalue weighted by molar-refractivity contribution is 6.51. The Labute approximate surface area is 233 Å². The van der Waals surface area contributed by atoms with Crippen LogP contribution in [0.15, 0.2) is 66.2 Å². The highest BCUT2D eigenvalue weighted by Crippen LogP contribution is 2.45. The molecule has 1 amide bonds. The van der Waals surface area contributed by atoms with Crippen molar-refractivity contribution in [3.05, 3.63) is 82.4 Å². The number of ether oxygens (including phenoxy) is 3. The summed E-state index contributed by atoms with van der Waals surface area (Å²) >= 11 is 6.36. The lowest BCUT2D eigenvalue weighted by molar-refractivity contribution is -0.132. The molecule has 39 heavy (non-hydrogen) atoms. The van der Waals surface area contributed by atoms with Crippen molar-refractivity contribution in [2.75, 3.05) is 38.1 Å². The Bertz CT molecular complexity index is 1430. The number of aliphatic hydroxyl groups excluding tert-OH is 1. The lowest BCUT2D eigenvalue weighted by Crippen LogP contribution is -2.29. The lowest BCUT2D eigenvalue weighted by Gasteiger charge is -2.26. The van der Waals surface area contributed by atoms with Gasteiger partial charge < -0.3 is 24.2 Å². The van der Waals surface area contributed by atoms with Crippen LogP contribution in [0.3, 0.4) is 0 Å². The second kappa shape index (κ2) is 11.3. The molecule has 0 aromatic heterocycles. The number of amides is 1. The third kappa shape index (κ3) is 5.38. The number of carbonyl (C=O) groups excluding carboxylic acids is 2. The molecule has 1 fully saturated rings. The smallest absolute Gasteiger partial charge is 0.300 e. The van der Waals surface area contributed by atoms with Gasteiger partial charge in [0.1, 0.15) is 23.0 Å². The molecule has 0 saturated carbocycles. The fourth-order valence-electron chi connectivity index (χ4n) is 4.55. The third-order valence-electron chi connectivity index (χ3n) is 6.36. The van der Waals surface area contributed by atoms with Gasteiger partial charge in [-0.2, -0.15) is 0 Å². The molecule has 0 aliphatic carbocycles. The molecule has 4 rings (SSSR count). The number of benzene rings is 3. The van der Waals surface area contributed by atoms with Crippen LogP contribution >= 0.6 is 11.6 Å². The van der Waals surface area contributed by atoms with Gasteiger partial charge in [-0.3, -0.25) is 14.5 Å². The van der Waals surface area contributed by atoms with Gasteiger partial charge in [0.2, 0.25) is 0 Å². The number of halogens is 1. The minimum atomic E-state index is -0.948. The molecule has 9 heteroatoms. The van der Waals surface area contributed by atoms with E-state index >= 15 is 0 Å². The van der Waals surface area contributed by atoms with E-state index < -0.39 is 23.5 Å². The molecule has 204 valence electrons. The van der Waals surface area contributed by atoms with Crippen LogP contribution in [0.1, 0.15) is 31.0 Å². The van der Waals surface area contributed by atoms with Gasteiger partial charge in [-0.05, 0) is 61.9 Å². The van der Waals surface area contributed by atoms with Crippen LogP contribution in [0.4, 0.5) is 11.4 Å². The number of ketones is 1. The van der Waals surface area contributed by atoms with Crippen LogP contribution in [0.25, 0.3) is 5.76 Å². The number of Topliss-reactive ketones (excluding diaryl/α,β-unsaturated/α-hetero) is 1. The number of aliphatic hydroxyl groups is 1. The van der Waals surface area contributed by atoms with Gasteiger partial charge in [0.25, 0.3) is 11.7 Å². The lowest BCUT2D eigenvalue weighted by atomic mass is 9.94. The molecule has 0 radical (unpaired) electrons. The summed E-state index contributed by atoms with van der Waals surface area (Å²) in [5.74, 6) is -0.887. The maximum Gasteiger partial charge on any atom is 0.300 e. The molecule has 1 unspecified atom stereocenters. The molecule has 1 heterocycles. The Morgan fingerprint density at radius 1 is 0.974 bits per heavy atom. The highest BCUT2D eigenvalue weighted by Gasteiger charge is 2.47. The normalized spacial score (nSPS) is 16.5. The first-order valence-corrected chi connectivity index (χ1v) is 12.7. The zero-order valence-electron chi connectivity index (χ0n) is 22.7. The third-order valence-corrected chi connectivity index (χ3v) is 6.66. The van der Waals surface area contributed by atoms with Crippen molar-refractivity contribution in [3.63, 3.8) is 0 Å². The zero-order valence-corrected chi connectivity index (χ0v) is 23.4. The number of nitrogens with zero attached hydrogens (tertiary/aromatic N) is 2. The molecule has 1 aliphatic heterocycles. The number of hydrogen-bond donors (Lipinski definition) is 1. The van der Waals surface area contributed by atoms with Crippen LogP contribution < -0.4 is 24.0 Å². The summed E-state index contributed by atoms with van der Waals surface area (Å²) in [6.45, 7) is 3.81. The van der Waals surface area contributed by atoms with Crippen LogP contribution in [-0.2, 0) is 9.59 Å². The van der Waals surface area contributed by atoms with Gasteiger partial charge in [-0.15, -0.1) is 0 Å². The second-order valence-corrected chi connectivity index (χ2v) is 9.91. The number of rotatable bonds is 8. The van der Waals surface area contributed by atoms with Gasteiger partial charge in [-0.1, -0.05) is 23.7 Å². The van der Waals surface area contributed by atoms with Crippen molar-refractivity contribution in [1.29, 1.82) is 0 Å². The predicted octanol–water partition coefficient (Wildman–Crippen LogP) is 5.84. The molecule has 1 saturated heterocycles. The molecule has 1 N–H and O–H groups in total. The Hall–Kier alpha value is -4.17. The van der Waals surface area contributed by atoms with Gasteiger partial charge >= 0.3 is 0 Å². The molecule has 0 bridgehead atoms. The maximum atomic E-state index is 13.6. The summed E-state index contributed by atoms with van der Waals surface area (Å²) in [6, 6.07) is 16.4. The van der Waals surface area contributed by atoms with Crippen molar-refractivity contribution in [3.8, 4) is 17.2 Å². The summed E-state index contributed by atoms with van der Waals surface area (Å²) < 4.78 is 16.6. The first-order valence-electron chi connectivity index (χ1n) is 12.3. The topological polar surface area (TPSA) is 88.5 Å². The molecule has 1 aliphatic rings. The fraction of sp³-hybridized carbons (Fsp3) is 0.267. The standard InChI is InChI=1S/C30H31ClN2O6/c1-17(2)39-21-9-7-8-18(14-21)27-26(28(34)22-15-23(31)25(38-6)16-24(22)37-5)29(35)30(36)33(27)20-12-10-19(11-13-20)32(3)4/h7-17,27,34H,1-6H3/b28-26+. The minimum Gasteiger partial charge on any atom is -0.507 e. The highest BCUT2D eigenvalue weighted by atomic mass is 35.5. The SMILES string of the molecule is COc1cc(OC)c(/C(O)=C2\C(=O)C(=O)N(c3ccc(N(C)C)cc3)C2c2cccc(OC(C)C)c2)cc1Cl. The zero-order chi connectivity index (χ0) is 28.4. The van der Waals surface area contributed by atoms with Gasteiger partial charge in [0, 0.05) is 31.5 Å². The van der Waals surface area contributed by atoms with E-state index in [9.17, 15) is 14.7 Å². The van der Waals surface area contributed by atoms with E-state index in [-0.39, 0.29) is 28.0 Å². The monoisotopic (exact) mass is 550 g/mol. The van der Waals surface area contributed by atoms with Crippen molar-refractivity contribution >= 4 is 40.4 Å². The van der Waals surface area contributed by atoms with Gasteiger partial charge in [0.15, 0.2) is 0 Å². The summed E-state index contributed by atoms with van der Waals surface area (Å²) in [4.78, 5) is 30.5. The summed E-state index contributed by atoms with van der Waals surface area (Å²) in [5, 5.41) is 11.8. The Kier molecular flexibility index (Phi) is 8.06. The maximum absolute atomic E-state index is 13.6. The van der Waals surface area contributed by atoms with E-state index in [4.69, 9.17) is 25.8 Å². The number of anilines is 2. The number of methoxy groups -OCH3 is 2. The molecule has 3 aromatic rings. The molecule has 1 atom stereocenters. The van der Waals surface area contributed by atoms with Gasteiger partial charge in [0.05, 0.1) is 42.5 Å². The van der Waals surface area contributed by atoms with Crippen molar-refractivity contribution in [1.82, 2.24) is 0 Å². The number of carbonyl (C=O) groups is 2. The molecule has 0 spiro atoms. The average molecular weight is 551 g/mol. The average Bonchev–Trinajstić information content (AvgIpc) is 3.18. The van der Waals surface area contributed by atoms with Crippen molar-refractivity contribution in [2.24, 2.45) is 0 Å². The van der Waals surface area contributed by atoms with E-state index in [0.29, 0.717) is 22.7 Å². The van der Waals surface area contributed by atoms with E-state index in [2.05, 4.69) is 0 Å². The van der Waals surface area contributed by atoms with Crippen molar-refractivity contribution in [2.45, 2.75) is 26.0 Å². The summed E-state index contributed by atoms with van der Waals surface area (Å²) in [5.41, 5.74) is 2.07. The van der Waals surface area contributed by atoms with Gasteiger partial charge in [-0.25, -0.2) is 0 Å². The quantitative estimate of drug-likeness (QED) is 0.214. The summed E-state index contributed by atoms with van der Waals surface area (Å²) in [7, 11) is 6.71. The Morgan fingerprint density at radius 3 is 2.23 bits per heavy atom. The van der Waals surface area contributed by atoms with Crippen LogP contribution in [0.5, 0.6) is 17.2 Å². The number of hydrogen-bond acceptors (Lipinski definition) is 7. The van der Waals surface area contributed by atoms with Crippen LogP contribution in [0, 0.1) is 0 Å². The fourth-order valence-corrected chi connectivity index (χ4v) is 4.79. The largest absolute Gasteiger partial charge is 0.507 e. The van der Waals surface area contributed by atoms with Crippen LogP contribution in [-0.4, -0.2) is 51.2 Å². The molecule has 3 aromatic carbocycles. The second-order valence-electron chi connectivity index (χ2n) is 9.51. The molecular formula is C30H31ClN2O6. The van der Waals surface area contributed by atoms with E-state index in [1.807, 2.05) is 45.0 Å². The molecular weight excluding hydrogens is 520 g/mol. The van der Waals surface area contributed by atoms with E-state index in [0.717, 1.165) is 5.69 Å².